The third-order valence-corrected chi connectivity index (χ3v) is 3.76. The SMILES string of the molecule is CCCCCCCCOCCOCCOCCOc1ccc(N)cc1. The third-order valence-electron chi connectivity index (χ3n) is 3.76. The summed E-state index contributed by atoms with van der Waals surface area (Å²) in [4.78, 5) is 0. The quantitative estimate of drug-likeness (QED) is 0.338. The Morgan fingerprint density at radius 3 is 1.80 bits per heavy atom. The van der Waals surface area contributed by atoms with Crippen LogP contribution in [0.1, 0.15) is 45.4 Å². The summed E-state index contributed by atoms with van der Waals surface area (Å²) < 4.78 is 22.0. The van der Waals surface area contributed by atoms with Crippen molar-refractivity contribution in [3.63, 3.8) is 0 Å². The van der Waals surface area contributed by atoms with E-state index in [1.807, 2.05) is 24.3 Å². The highest BCUT2D eigenvalue weighted by Crippen LogP contribution is 2.12. The zero-order valence-electron chi connectivity index (χ0n) is 15.7. The number of ether oxygens (including phenoxy) is 4. The van der Waals surface area contributed by atoms with Gasteiger partial charge in [0.05, 0.1) is 33.0 Å². The molecule has 5 nitrogen and oxygen atoms in total. The van der Waals surface area contributed by atoms with Crippen LogP contribution in [0.4, 0.5) is 5.69 Å². The van der Waals surface area contributed by atoms with Gasteiger partial charge in [0.15, 0.2) is 0 Å². The molecule has 5 heteroatoms. The summed E-state index contributed by atoms with van der Waals surface area (Å²) in [5.41, 5.74) is 6.35. The van der Waals surface area contributed by atoms with Gasteiger partial charge in [-0.1, -0.05) is 39.0 Å². The van der Waals surface area contributed by atoms with E-state index < -0.39 is 0 Å². The van der Waals surface area contributed by atoms with Crippen molar-refractivity contribution in [2.24, 2.45) is 0 Å². The molecule has 0 saturated carbocycles. The smallest absolute Gasteiger partial charge is 0.119 e. The average Bonchev–Trinajstić information content (AvgIpc) is 2.63. The second kappa shape index (κ2) is 16.2. The number of hydrogen-bond donors (Lipinski definition) is 1. The number of rotatable bonds is 17. The lowest BCUT2D eigenvalue weighted by atomic mass is 10.1. The predicted molar refractivity (Wildman–Crippen MR) is 102 cm³/mol. The standard InChI is InChI=1S/C20H35NO4/c1-2-3-4-5-6-7-12-22-13-14-23-15-16-24-17-18-25-20-10-8-19(21)9-11-20/h8-11H,2-7,12-18,21H2,1H3. The molecule has 1 aromatic rings. The average molecular weight is 354 g/mol. The van der Waals surface area contributed by atoms with Crippen LogP contribution in [0, 0.1) is 0 Å². The lowest BCUT2D eigenvalue weighted by Crippen LogP contribution is -2.13. The largest absolute Gasteiger partial charge is 0.491 e. The molecular weight excluding hydrogens is 318 g/mol. The molecular formula is C20H35NO4. The van der Waals surface area contributed by atoms with Crippen molar-refractivity contribution < 1.29 is 18.9 Å². The lowest BCUT2D eigenvalue weighted by Gasteiger charge is -2.08. The van der Waals surface area contributed by atoms with E-state index in [-0.39, 0.29) is 0 Å². The van der Waals surface area contributed by atoms with Crippen LogP contribution in [0.2, 0.25) is 0 Å². The number of hydrogen-bond acceptors (Lipinski definition) is 5. The molecule has 0 unspecified atom stereocenters. The maximum atomic E-state index is 5.61. The molecule has 144 valence electrons. The molecule has 1 aromatic carbocycles. The fourth-order valence-corrected chi connectivity index (χ4v) is 2.31. The summed E-state index contributed by atoms with van der Waals surface area (Å²) in [5.74, 6) is 0.802. The Kier molecular flexibility index (Phi) is 14.1. The summed E-state index contributed by atoms with van der Waals surface area (Å²) >= 11 is 0. The Morgan fingerprint density at radius 2 is 1.16 bits per heavy atom. The molecule has 25 heavy (non-hydrogen) atoms. The van der Waals surface area contributed by atoms with Crippen LogP contribution in [0.15, 0.2) is 24.3 Å². The van der Waals surface area contributed by atoms with Crippen molar-refractivity contribution in [1.29, 1.82) is 0 Å². The molecule has 0 amide bonds. The third kappa shape index (κ3) is 13.6. The fraction of sp³-hybridized carbons (Fsp3) is 0.700. The fourth-order valence-electron chi connectivity index (χ4n) is 2.31. The van der Waals surface area contributed by atoms with Gasteiger partial charge in [-0.25, -0.2) is 0 Å². The van der Waals surface area contributed by atoms with Crippen LogP contribution in [0.5, 0.6) is 5.75 Å². The van der Waals surface area contributed by atoms with Crippen LogP contribution in [-0.2, 0) is 14.2 Å². The van der Waals surface area contributed by atoms with E-state index in [9.17, 15) is 0 Å². The summed E-state index contributed by atoms with van der Waals surface area (Å²) in [5, 5.41) is 0. The molecule has 0 atom stereocenters. The molecule has 0 fully saturated rings. The molecule has 0 aromatic heterocycles. The highest BCUT2D eigenvalue weighted by atomic mass is 16.6. The van der Waals surface area contributed by atoms with Gasteiger partial charge in [-0.15, -0.1) is 0 Å². The van der Waals surface area contributed by atoms with Crippen LogP contribution >= 0.6 is 0 Å². The van der Waals surface area contributed by atoms with Gasteiger partial charge < -0.3 is 24.7 Å². The van der Waals surface area contributed by atoms with Gasteiger partial charge in [0, 0.05) is 12.3 Å². The zero-order chi connectivity index (χ0) is 18.0. The summed E-state index contributed by atoms with van der Waals surface area (Å²) in [6.45, 7) is 6.59. The molecule has 0 aliphatic rings. The minimum absolute atomic E-state index is 0.519. The van der Waals surface area contributed by atoms with E-state index in [1.165, 1.54) is 32.1 Å². The summed E-state index contributed by atoms with van der Waals surface area (Å²) in [7, 11) is 0. The molecule has 0 bridgehead atoms. The highest BCUT2D eigenvalue weighted by Gasteiger charge is 1.95. The van der Waals surface area contributed by atoms with Crippen molar-refractivity contribution in [3.05, 3.63) is 24.3 Å². The number of nitrogen functional groups attached to an aromatic ring is 1. The normalized spacial score (nSPS) is 10.9. The van der Waals surface area contributed by atoms with Gasteiger partial charge in [-0.2, -0.15) is 0 Å². The molecule has 0 spiro atoms. The minimum Gasteiger partial charge on any atom is -0.491 e. The van der Waals surface area contributed by atoms with E-state index in [1.54, 1.807) is 0 Å². The number of anilines is 1. The van der Waals surface area contributed by atoms with E-state index in [4.69, 9.17) is 24.7 Å². The Morgan fingerprint density at radius 1 is 0.640 bits per heavy atom. The second-order valence-corrected chi connectivity index (χ2v) is 6.02. The van der Waals surface area contributed by atoms with E-state index in [0.717, 1.165) is 24.5 Å². The Balaban J connectivity index is 1.74. The molecule has 0 aliphatic heterocycles. The van der Waals surface area contributed by atoms with Crippen LogP contribution in [-0.4, -0.2) is 46.2 Å². The number of benzene rings is 1. The van der Waals surface area contributed by atoms with Gasteiger partial charge in [0.1, 0.15) is 12.4 Å². The number of nitrogens with two attached hydrogens (primary N) is 1. The maximum Gasteiger partial charge on any atom is 0.119 e. The minimum atomic E-state index is 0.519. The molecule has 0 heterocycles. The first-order valence-electron chi connectivity index (χ1n) is 9.54. The van der Waals surface area contributed by atoms with Gasteiger partial charge in [0.25, 0.3) is 0 Å². The van der Waals surface area contributed by atoms with Gasteiger partial charge in [0.2, 0.25) is 0 Å². The van der Waals surface area contributed by atoms with Crippen molar-refractivity contribution in [2.75, 3.05) is 52.0 Å². The Bertz CT molecular complexity index is 397. The first-order chi connectivity index (χ1) is 12.3. The first kappa shape index (κ1) is 21.7. The molecule has 1 rings (SSSR count). The highest BCUT2D eigenvalue weighted by molar-refractivity contribution is 5.41. The Labute approximate surface area is 152 Å². The van der Waals surface area contributed by atoms with Gasteiger partial charge in [-0.05, 0) is 30.7 Å². The van der Waals surface area contributed by atoms with Crippen LogP contribution < -0.4 is 10.5 Å². The Hall–Kier alpha value is -1.30. The van der Waals surface area contributed by atoms with E-state index in [2.05, 4.69) is 6.92 Å². The topological polar surface area (TPSA) is 62.9 Å². The van der Waals surface area contributed by atoms with E-state index in [0.29, 0.717) is 39.6 Å². The summed E-state index contributed by atoms with van der Waals surface area (Å²) in [6, 6.07) is 7.34. The van der Waals surface area contributed by atoms with Crippen molar-refractivity contribution in [1.82, 2.24) is 0 Å². The van der Waals surface area contributed by atoms with Crippen molar-refractivity contribution in [2.45, 2.75) is 45.4 Å². The predicted octanol–water partition coefficient (Wildman–Crippen LogP) is 4.06. The molecule has 2 N–H and O–H groups in total. The van der Waals surface area contributed by atoms with Gasteiger partial charge >= 0.3 is 0 Å². The van der Waals surface area contributed by atoms with Crippen molar-refractivity contribution in [3.8, 4) is 5.75 Å². The van der Waals surface area contributed by atoms with Crippen molar-refractivity contribution >= 4 is 5.69 Å². The molecule has 0 aliphatic carbocycles. The summed E-state index contributed by atoms with van der Waals surface area (Å²) in [6.07, 6.45) is 7.75. The zero-order valence-corrected chi connectivity index (χ0v) is 15.7. The lowest BCUT2D eigenvalue weighted by molar-refractivity contribution is 0.00878. The first-order valence-corrected chi connectivity index (χ1v) is 9.54. The van der Waals surface area contributed by atoms with Gasteiger partial charge in [-0.3, -0.25) is 0 Å². The molecule has 0 saturated heterocycles. The second-order valence-electron chi connectivity index (χ2n) is 6.02. The van der Waals surface area contributed by atoms with Crippen LogP contribution in [0.3, 0.4) is 0 Å². The van der Waals surface area contributed by atoms with E-state index >= 15 is 0 Å². The van der Waals surface area contributed by atoms with Crippen LogP contribution in [0.25, 0.3) is 0 Å². The maximum absolute atomic E-state index is 5.61. The number of unbranched alkanes of at least 4 members (excludes halogenated alkanes) is 5. The monoisotopic (exact) mass is 353 g/mol. The molecule has 0 radical (unpaired) electrons.